The Kier molecular flexibility index (Phi) is 3.86. The predicted octanol–water partition coefficient (Wildman–Crippen LogP) is 3.67. The monoisotopic (exact) mass is 298 g/mol. The molecule has 1 saturated carbocycles. The molecule has 1 aliphatic rings. The van der Waals surface area contributed by atoms with Crippen LogP contribution >= 0.6 is 27.5 Å². The standard InChI is InChI=1S/C12H12BrClN2/c13-9-3-4-11(14)10(5-9)12(6-15)16-7-8-1-2-8/h3-5,8,12,16H,1-2,7H2. The maximum atomic E-state index is 9.14. The predicted molar refractivity (Wildman–Crippen MR) is 68.2 cm³/mol. The fourth-order valence-electron chi connectivity index (χ4n) is 1.57. The molecule has 2 nitrogen and oxygen atoms in total. The highest BCUT2D eigenvalue weighted by Crippen LogP contribution is 2.30. The lowest BCUT2D eigenvalue weighted by Gasteiger charge is -2.13. The molecule has 1 aromatic carbocycles. The molecular weight excluding hydrogens is 288 g/mol. The van der Waals surface area contributed by atoms with Gasteiger partial charge in [-0.2, -0.15) is 5.26 Å². The van der Waals surface area contributed by atoms with Crippen LogP contribution in [0.2, 0.25) is 5.02 Å². The van der Waals surface area contributed by atoms with Gasteiger partial charge >= 0.3 is 0 Å². The molecule has 1 unspecified atom stereocenters. The summed E-state index contributed by atoms with van der Waals surface area (Å²) in [5.41, 5.74) is 0.846. The summed E-state index contributed by atoms with van der Waals surface area (Å²) in [6.07, 6.45) is 2.55. The summed E-state index contributed by atoms with van der Waals surface area (Å²) in [7, 11) is 0. The van der Waals surface area contributed by atoms with Gasteiger partial charge in [0, 0.05) is 15.1 Å². The van der Waals surface area contributed by atoms with Gasteiger partial charge < -0.3 is 0 Å². The molecule has 0 bridgehead atoms. The molecule has 0 aliphatic heterocycles. The molecule has 0 aromatic heterocycles. The van der Waals surface area contributed by atoms with E-state index in [0.717, 1.165) is 22.5 Å². The van der Waals surface area contributed by atoms with Gasteiger partial charge in [0.05, 0.1) is 6.07 Å². The Morgan fingerprint density at radius 3 is 2.94 bits per heavy atom. The van der Waals surface area contributed by atoms with E-state index in [4.69, 9.17) is 16.9 Å². The Hall–Kier alpha value is -0.560. The Bertz CT molecular complexity index is 424. The van der Waals surface area contributed by atoms with E-state index in [2.05, 4.69) is 27.3 Å². The summed E-state index contributed by atoms with van der Waals surface area (Å²) in [6, 6.07) is 7.52. The van der Waals surface area contributed by atoms with E-state index in [-0.39, 0.29) is 6.04 Å². The number of hydrogen-bond donors (Lipinski definition) is 1. The highest BCUT2D eigenvalue weighted by molar-refractivity contribution is 9.10. The molecule has 0 radical (unpaired) electrons. The van der Waals surface area contributed by atoms with Crippen LogP contribution in [0.25, 0.3) is 0 Å². The first-order chi connectivity index (χ1) is 7.70. The van der Waals surface area contributed by atoms with Crippen LogP contribution in [-0.2, 0) is 0 Å². The molecule has 1 fully saturated rings. The SMILES string of the molecule is N#CC(NCC1CC1)c1cc(Br)ccc1Cl. The Labute approximate surface area is 109 Å². The molecule has 0 amide bonds. The molecule has 1 aromatic rings. The van der Waals surface area contributed by atoms with Gasteiger partial charge in [-0.3, -0.25) is 5.32 Å². The fourth-order valence-corrected chi connectivity index (χ4v) is 2.17. The molecule has 1 atom stereocenters. The molecule has 1 aliphatic carbocycles. The Balaban J connectivity index is 2.11. The molecule has 0 spiro atoms. The number of hydrogen-bond acceptors (Lipinski definition) is 2. The summed E-state index contributed by atoms with van der Waals surface area (Å²) in [5.74, 6) is 0.752. The van der Waals surface area contributed by atoms with Crippen LogP contribution in [0.4, 0.5) is 0 Å². The number of benzene rings is 1. The largest absolute Gasteiger partial charge is 0.298 e. The van der Waals surface area contributed by atoms with Gasteiger partial charge in [-0.15, -0.1) is 0 Å². The maximum absolute atomic E-state index is 9.14. The van der Waals surface area contributed by atoms with Gasteiger partial charge in [-0.05, 0) is 43.5 Å². The first-order valence-electron chi connectivity index (χ1n) is 5.28. The van der Waals surface area contributed by atoms with Crippen LogP contribution in [0.5, 0.6) is 0 Å². The van der Waals surface area contributed by atoms with E-state index in [1.54, 1.807) is 0 Å². The smallest absolute Gasteiger partial charge is 0.122 e. The van der Waals surface area contributed by atoms with Crippen LogP contribution < -0.4 is 5.32 Å². The van der Waals surface area contributed by atoms with E-state index in [0.29, 0.717) is 5.02 Å². The Morgan fingerprint density at radius 2 is 2.31 bits per heavy atom. The summed E-state index contributed by atoms with van der Waals surface area (Å²) >= 11 is 9.48. The molecule has 0 saturated heterocycles. The molecular formula is C12H12BrClN2. The van der Waals surface area contributed by atoms with Crippen LogP contribution in [0, 0.1) is 17.2 Å². The van der Waals surface area contributed by atoms with Crippen LogP contribution in [0.15, 0.2) is 22.7 Å². The van der Waals surface area contributed by atoms with Gasteiger partial charge in [-0.25, -0.2) is 0 Å². The molecule has 16 heavy (non-hydrogen) atoms. The number of rotatable bonds is 4. The van der Waals surface area contributed by atoms with Gasteiger partial charge in [0.25, 0.3) is 0 Å². The van der Waals surface area contributed by atoms with Crippen molar-refractivity contribution >= 4 is 27.5 Å². The van der Waals surface area contributed by atoms with E-state index >= 15 is 0 Å². The average molecular weight is 300 g/mol. The van der Waals surface area contributed by atoms with Crippen molar-refractivity contribution in [2.75, 3.05) is 6.54 Å². The highest BCUT2D eigenvalue weighted by atomic mass is 79.9. The number of nitrogens with one attached hydrogen (secondary N) is 1. The summed E-state index contributed by atoms with van der Waals surface area (Å²) in [4.78, 5) is 0. The minimum atomic E-state index is -0.314. The van der Waals surface area contributed by atoms with Crippen molar-refractivity contribution in [3.63, 3.8) is 0 Å². The number of halogens is 2. The molecule has 4 heteroatoms. The van der Waals surface area contributed by atoms with Crippen molar-refractivity contribution in [2.45, 2.75) is 18.9 Å². The van der Waals surface area contributed by atoms with E-state index in [9.17, 15) is 0 Å². The van der Waals surface area contributed by atoms with Gasteiger partial charge in [0.15, 0.2) is 0 Å². The number of nitriles is 1. The topological polar surface area (TPSA) is 35.8 Å². The van der Waals surface area contributed by atoms with Gasteiger partial charge in [0.2, 0.25) is 0 Å². The summed E-state index contributed by atoms with van der Waals surface area (Å²) < 4.78 is 0.945. The minimum Gasteiger partial charge on any atom is -0.298 e. The Morgan fingerprint density at radius 1 is 1.56 bits per heavy atom. The molecule has 0 heterocycles. The second-order valence-electron chi connectivity index (χ2n) is 4.08. The lowest BCUT2D eigenvalue weighted by molar-refractivity contribution is 0.593. The van der Waals surface area contributed by atoms with Crippen LogP contribution in [-0.4, -0.2) is 6.54 Å². The van der Waals surface area contributed by atoms with Gasteiger partial charge in [0.1, 0.15) is 6.04 Å². The zero-order valence-electron chi connectivity index (χ0n) is 8.71. The van der Waals surface area contributed by atoms with E-state index < -0.39 is 0 Å². The van der Waals surface area contributed by atoms with Crippen molar-refractivity contribution < 1.29 is 0 Å². The fraction of sp³-hybridized carbons (Fsp3) is 0.417. The molecule has 2 rings (SSSR count). The first-order valence-corrected chi connectivity index (χ1v) is 6.45. The quantitative estimate of drug-likeness (QED) is 0.921. The van der Waals surface area contributed by atoms with Crippen LogP contribution in [0.3, 0.4) is 0 Å². The van der Waals surface area contributed by atoms with Crippen LogP contribution in [0.1, 0.15) is 24.4 Å². The summed E-state index contributed by atoms with van der Waals surface area (Å²) in [5, 5.41) is 13.0. The van der Waals surface area contributed by atoms with E-state index in [1.165, 1.54) is 12.8 Å². The lowest BCUT2D eigenvalue weighted by Crippen LogP contribution is -2.22. The zero-order chi connectivity index (χ0) is 11.5. The third-order valence-electron chi connectivity index (χ3n) is 2.71. The van der Waals surface area contributed by atoms with E-state index in [1.807, 2.05) is 18.2 Å². The second kappa shape index (κ2) is 5.18. The third kappa shape index (κ3) is 2.98. The minimum absolute atomic E-state index is 0.314. The average Bonchev–Trinajstić information content (AvgIpc) is 3.07. The normalized spacial score (nSPS) is 16.8. The van der Waals surface area contributed by atoms with Crippen molar-refractivity contribution in [1.82, 2.24) is 5.32 Å². The van der Waals surface area contributed by atoms with Crippen molar-refractivity contribution in [3.8, 4) is 6.07 Å². The molecule has 1 N–H and O–H groups in total. The number of nitrogens with zero attached hydrogens (tertiary/aromatic N) is 1. The van der Waals surface area contributed by atoms with Crippen molar-refractivity contribution in [1.29, 1.82) is 5.26 Å². The van der Waals surface area contributed by atoms with Crippen molar-refractivity contribution in [3.05, 3.63) is 33.3 Å². The second-order valence-corrected chi connectivity index (χ2v) is 5.40. The third-order valence-corrected chi connectivity index (χ3v) is 3.54. The maximum Gasteiger partial charge on any atom is 0.122 e. The molecule has 84 valence electrons. The zero-order valence-corrected chi connectivity index (χ0v) is 11.1. The lowest BCUT2D eigenvalue weighted by atomic mass is 10.1. The summed E-state index contributed by atoms with van der Waals surface area (Å²) in [6.45, 7) is 0.904. The first kappa shape index (κ1) is 11.9. The van der Waals surface area contributed by atoms with Crippen molar-refractivity contribution in [2.24, 2.45) is 5.92 Å². The van der Waals surface area contributed by atoms with Gasteiger partial charge in [-0.1, -0.05) is 27.5 Å². The highest BCUT2D eigenvalue weighted by Gasteiger charge is 2.23.